The number of ether oxygens (including phenoxy) is 4. The van der Waals surface area contributed by atoms with E-state index in [-0.39, 0.29) is 25.4 Å². The maximum atomic E-state index is 13.2. The molecular weight excluding hydrogens is 478 g/mol. The molecule has 2 amide bonds. The Morgan fingerprint density at radius 3 is 1.89 bits per heavy atom. The van der Waals surface area contributed by atoms with E-state index in [1.54, 1.807) is 41.5 Å². The summed E-state index contributed by atoms with van der Waals surface area (Å²) >= 11 is 0. The second-order valence-electron chi connectivity index (χ2n) is 11.6. The number of carbonyl (C=O) groups is 2. The lowest BCUT2D eigenvalue weighted by Crippen LogP contribution is -2.41. The van der Waals surface area contributed by atoms with Gasteiger partial charge < -0.3 is 24.1 Å². The zero-order chi connectivity index (χ0) is 27.1. The zero-order valence-corrected chi connectivity index (χ0v) is 22.5. The van der Waals surface area contributed by atoms with Crippen LogP contribution < -0.4 is 0 Å². The number of amides is 2. The lowest BCUT2D eigenvalue weighted by Gasteiger charge is -2.27. The van der Waals surface area contributed by atoms with Gasteiger partial charge in [0.15, 0.2) is 6.29 Å². The van der Waals surface area contributed by atoms with Crippen molar-refractivity contribution < 1.29 is 42.4 Å². The molecule has 0 aromatic carbocycles. The molecule has 0 aliphatic carbocycles. The number of carbonyl (C=O) groups excluding carboxylic acids is 2. The third kappa shape index (κ3) is 9.97. The van der Waals surface area contributed by atoms with Gasteiger partial charge in [-0.2, -0.15) is 0 Å². The van der Waals surface area contributed by atoms with Crippen LogP contribution in [0.2, 0.25) is 0 Å². The average molecular weight is 523 g/mol. The normalized spacial score (nSPS) is 29.0. The molecule has 0 radical (unpaired) electrons. The predicted octanol–water partition coefficient (Wildman–Crippen LogP) is 4.20. The first kappa shape index (κ1) is 30.5. The van der Waals surface area contributed by atoms with E-state index >= 15 is 0 Å². The molecule has 3 saturated heterocycles. The van der Waals surface area contributed by atoms with Crippen molar-refractivity contribution in [3.8, 4) is 0 Å². The molecule has 3 fully saturated rings. The molecule has 210 valence electrons. The molecule has 3 heterocycles. The molecule has 5 atom stereocenters. The Balaban J connectivity index is 0.000000269. The summed E-state index contributed by atoms with van der Waals surface area (Å²) in [6.45, 7) is 10.7. The highest BCUT2D eigenvalue weighted by atomic mass is 19.1. The first-order valence-electron chi connectivity index (χ1n) is 12.8. The summed E-state index contributed by atoms with van der Waals surface area (Å²) in [7, 11) is 0. The van der Waals surface area contributed by atoms with Crippen LogP contribution in [0.3, 0.4) is 0 Å². The van der Waals surface area contributed by atoms with Gasteiger partial charge in [0.25, 0.3) is 0 Å². The summed E-state index contributed by atoms with van der Waals surface area (Å²) in [5, 5.41) is 9.33. The smallest absolute Gasteiger partial charge is 0.410 e. The summed E-state index contributed by atoms with van der Waals surface area (Å²) in [5.41, 5.74) is -1.17. The first-order chi connectivity index (χ1) is 16.7. The fourth-order valence-electron chi connectivity index (χ4n) is 4.28. The monoisotopic (exact) mass is 522 g/mol. The topological polar surface area (TPSA) is 97.8 Å². The van der Waals surface area contributed by atoms with E-state index in [9.17, 15) is 23.5 Å². The van der Waals surface area contributed by atoms with Crippen molar-refractivity contribution in [3.05, 3.63) is 0 Å². The van der Waals surface area contributed by atoms with Crippen LogP contribution in [0.5, 0.6) is 0 Å². The largest absolute Gasteiger partial charge is 0.444 e. The molecule has 0 spiro atoms. The number of likely N-dealkylation sites (tertiary alicyclic amines) is 2. The van der Waals surface area contributed by atoms with Gasteiger partial charge in [-0.1, -0.05) is 0 Å². The molecule has 1 N–H and O–H groups in total. The van der Waals surface area contributed by atoms with Crippen LogP contribution in [0.1, 0.15) is 73.6 Å². The maximum Gasteiger partial charge on any atom is 0.410 e. The third-order valence-electron chi connectivity index (χ3n) is 5.86. The van der Waals surface area contributed by atoms with Crippen molar-refractivity contribution in [1.29, 1.82) is 0 Å². The summed E-state index contributed by atoms with van der Waals surface area (Å²) in [5.74, 6) is 0. The molecule has 3 rings (SSSR count). The number of β-amino-alcohol motifs (C(OH)–C–C–N with tert-alkyl or cyclic N) is 1. The molecule has 0 bridgehead atoms. The molecule has 36 heavy (non-hydrogen) atoms. The fourth-order valence-corrected chi connectivity index (χ4v) is 4.28. The number of hydrogen-bond acceptors (Lipinski definition) is 7. The Labute approximate surface area is 213 Å². The molecule has 0 aromatic rings. The van der Waals surface area contributed by atoms with Gasteiger partial charge in [-0.15, -0.1) is 0 Å². The molecule has 0 saturated carbocycles. The summed E-state index contributed by atoms with van der Waals surface area (Å²) in [6, 6.07) is -1.01. The Hall–Kier alpha value is -1.72. The average Bonchev–Trinajstić information content (AvgIpc) is 3.35. The SMILES string of the molecule is CC(C)(C)OC(=O)N1C[C@H](O)C[C@H]1CF.CC(C)(C)OC(=O)N1C[C@H](OC2CCCCO2)C[C@H]1CF. The number of hydrogen-bond donors (Lipinski definition) is 1. The van der Waals surface area contributed by atoms with E-state index in [4.69, 9.17) is 18.9 Å². The molecule has 3 aliphatic heterocycles. The van der Waals surface area contributed by atoms with Crippen molar-refractivity contribution >= 4 is 12.2 Å². The minimum Gasteiger partial charge on any atom is -0.444 e. The maximum absolute atomic E-state index is 13.2. The highest BCUT2D eigenvalue weighted by Gasteiger charge is 2.39. The predicted molar refractivity (Wildman–Crippen MR) is 129 cm³/mol. The van der Waals surface area contributed by atoms with Crippen LogP contribution in [0.25, 0.3) is 0 Å². The van der Waals surface area contributed by atoms with Crippen LogP contribution in [0.4, 0.5) is 18.4 Å². The second kappa shape index (κ2) is 13.2. The lowest BCUT2D eigenvalue weighted by molar-refractivity contribution is -0.185. The van der Waals surface area contributed by atoms with Gasteiger partial charge in [0.05, 0.1) is 37.4 Å². The van der Waals surface area contributed by atoms with Gasteiger partial charge in [0.1, 0.15) is 24.6 Å². The van der Waals surface area contributed by atoms with Crippen molar-refractivity contribution in [2.24, 2.45) is 0 Å². The molecule has 3 aliphatic rings. The van der Waals surface area contributed by atoms with Gasteiger partial charge in [0.2, 0.25) is 0 Å². The Bertz CT molecular complexity index is 708. The van der Waals surface area contributed by atoms with Crippen LogP contribution in [0.15, 0.2) is 0 Å². The van der Waals surface area contributed by atoms with Crippen molar-refractivity contribution in [2.45, 2.75) is 115 Å². The fraction of sp³-hybridized carbons (Fsp3) is 0.920. The van der Waals surface area contributed by atoms with Crippen LogP contribution in [-0.4, -0.2) is 102 Å². The Morgan fingerprint density at radius 1 is 0.889 bits per heavy atom. The summed E-state index contributed by atoms with van der Waals surface area (Å²) < 4.78 is 47.5. The lowest BCUT2D eigenvalue weighted by atomic mass is 10.2. The second-order valence-corrected chi connectivity index (χ2v) is 11.6. The zero-order valence-electron chi connectivity index (χ0n) is 22.5. The van der Waals surface area contributed by atoms with Gasteiger partial charge in [0, 0.05) is 6.61 Å². The van der Waals surface area contributed by atoms with Crippen molar-refractivity contribution in [3.63, 3.8) is 0 Å². The standard InChI is InChI=1S/C15H26FNO4.C10H18FNO3/c1-15(2,3)21-14(18)17-10-12(8-11(17)9-16)20-13-6-4-5-7-19-13;1-10(2,3)15-9(14)12-6-8(13)4-7(12)5-11/h11-13H,4-10H2,1-3H3;7-8,13H,4-6H2,1-3H3/t11-,12+,13?;7-,8+/m00/s1. The number of alkyl halides is 2. The minimum atomic E-state index is -0.643. The van der Waals surface area contributed by atoms with Crippen LogP contribution in [0, 0.1) is 0 Å². The summed E-state index contributed by atoms with van der Waals surface area (Å²) in [6.07, 6.45) is 1.72. The highest BCUT2D eigenvalue weighted by Crippen LogP contribution is 2.26. The number of nitrogens with zero attached hydrogens (tertiary/aromatic N) is 2. The number of halogens is 2. The molecular formula is C25H44F2N2O7. The number of aliphatic hydroxyl groups is 1. The van der Waals surface area contributed by atoms with E-state index in [0.717, 1.165) is 19.3 Å². The van der Waals surface area contributed by atoms with E-state index in [0.29, 0.717) is 19.6 Å². The third-order valence-corrected chi connectivity index (χ3v) is 5.86. The van der Waals surface area contributed by atoms with E-state index < -0.39 is 54.9 Å². The first-order valence-corrected chi connectivity index (χ1v) is 12.8. The Morgan fingerprint density at radius 2 is 1.42 bits per heavy atom. The minimum absolute atomic E-state index is 0.156. The van der Waals surface area contributed by atoms with E-state index in [2.05, 4.69) is 0 Å². The van der Waals surface area contributed by atoms with Gasteiger partial charge in [-0.3, -0.25) is 9.80 Å². The molecule has 9 nitrogen and oxygen atoms in total. The molecule has 0 aromatic heterocycles. The van der Waals surface area contributed by atoms with Crippen LogP contribution in [-0.2, 0) is 18.9 Å². The van der Waals surface area contributed by atoms with Crippen molar-refractivity contribution in [2.75, 3.05) is 33.0 Å². The van der Waals surface area contributed by atoms with Crippen LogP contribution >= 0.6 is 0 Å². The molecule has 1 unspecified atom stereocenters. The van der Waals surface area contributed by atoms with E-state index in [1.807, 2.05) is 0 Å². The van der Waals surface area contributed by atoms with Gasteiger partial charge in [-0.05, 0) is 73.6 Å². The molecule has 11 heteroatoms. The van der Waals surface area contributed by atoms with Gasteiger partial charge in [-0.25, -0.2) is 18.4 Å². The van der Waals surface area contributed by atoms with Gasteiger partial charge >= 0.3 is 12.2 Å². The summed E-state index contributed by atoms with van der Waals surface area (Å²) in [4.78, 5) is 26.4. The number of rotatable bonds is 4. The highest BCUT2D eigenvalue weighted by molar-refractivity contribution is 5.69. The van der Waals surface area contributed by atoms with Crippen molar-refractivity contribution in [1.82, 2.24) is 9.80 Å². The number of aliphatic hydroxyl groups excluding tert-OH is 1. The quantitative estimate of drug-likeness (QED) is 0.591. The Kier molecular flexibility index (Phi) is 11.2. The van der Waals surface area contributed by atoms with E-state index in [1.165, 1.54) is 9.80 Å².